The van der Waals surface area contributed by atoms with Crippen LogP contribution in [0.15, 0.2) is 36.4 Å². The predicted molar refractivity (Wildman–Crippen MR) is 121 cm³/mol. The van der Waals surface area contributed by atoms with Gasteiger partial charge in [0.25, 0.3) is 5.91 Å². The lowest BCUT2D eigenvalue weighted by molar-refractivity contribution is -0.385. The Kier molecular flexibility index (Phi) is 7.07. The fourth-order valence-electron chi connectivity index (χ4n) is 3.36. The van der Waals surface area contributed by atoms with Crippen molar-refractivity contribution in [2.45, 2.75) is 19.3 Å². The average molecular weight is 449 g/mol. The summed E-state index contributed by atoms with van der Waals surface area (Å²) in [7, 11) is 1.33. The van der Waals surface area contributed by atoms with Crippen LogP contribution in [-0.4, -0.2) is 36.1 Å². The number of nitro benzene ring substituents is 1. The molecule has 1 saturated heterocycles. The van der Waals surface area contributed by atoms with Gasteiger partial charge in [-0.2, -0.15) is 0 Å². The van der Waals surface area contributed by atoms with Crippen LogP contribution in [-0.2, 0) is 0 Å². The van der Waals surface area contributed by atoms with Crippen LogP contribution in [0.4, 0.5) is 17.1 Å². The number of ether oxygens (including phenoxy) is 1. The van der Waals surface area contributed by atoms with Gasteiger partial charge in [0.05, 0.1) is 28.4 Å². The first kappa shape index (κ1) is 21.8. The van der Waals surface area contributed by atoms with Crippen molar-refractivity contribution in [2.75, 3.05) is 30.4 Å². The number of benzene rings is 2. The first-order chi connectivity index (χ1) is 14.4. The van der Waals surface area contributed by atoms with E-state index in [0.29, 0.717) is 10.7 Å². The zero-order valence-electron chi connectivity index (χ0n) is 16.3. The highest BCUT2D eigenvalue weighted by molar-refractivity contribution is 7.80. The molecule has 2 aromatic carbocycles. The minimum absolute atomic E-state index is 0.0685. The number of rotatable bonds is 5. The number of amides is 1. The molecule has 8 nitrogen and oxygen atoms in total. The molecule has 1 fully saturated rings. The molecule has 2 aromatic rings. The second-order valence-corrected chi connectivity index (χ2v) is 7.55. The summed E-state index contributed by atoms with van der Waals surface area (Å²) < 4.78 is 4.95. The largest absolute Gasteiger partial charge is 0.490 e. The first-order valence-electron chi connectivity index (χ1n) is 9.39. The number of nitrogens with one attached hydrogen (secondary N) is 2. The Balaban J connectivity index is 1.75. The van der Waals surface area contributed by atoms with Gasteiger partial charge in [0, 0.05) is 24.7 Å². The second kappa shape index (κ2) is 9.73. The van der Waals surface area contributed by atoms with E-state index >= 15 is 0 Å². The number of para-hydroxylation sites is 1. The molecule has 0 spiro atoms. The zero-order valence-corrected chi connectivity index (χ0v) is 17.9. The molecule has 30 heavy (non-hydrogen) atoms. The van der Waals surface area contributed by atoms with E-state index in [2.05, 4.69) is 15.5 Å². The number of thiocarbonyl (C=S) groups is 1. The Hall–Kier alpha value is -2.91. The fourth-order valence-corrected chi connectivity index (χ4v) is 3.85. The van der Waals surface area contributed by atoms with Gasteiger partial charge in [0.15, 0.2) is 10.9 Å². The van der Waals surface area contributed by atoms with Crippen LogP contribution in [0.2, 0.25) is 5.02 Å². The van der Waals surface area contributed by atoms with E-state index in [1.54, 1.807) is 6.07 Å². The maximum atomic E-state index is 12.5. The molecule has 0 atom stereocenters. The van der Waals surface area contributed by atoms with Gasteiger partial charge in [-0.15, -0.1) is 0 Å². The third kappa shape index (κ3) is 4.98. The summed E-state index contributed by atoms with van der Waals surface area (Å²) in [5.41, 5.74) is 1.33. The molecule has 1 aliphatic heterocycles. The number of hydrogen-bond acceptors (Lipinski definition) is 6. The van der Waals surface area contributed by atoms with Gasteiger partial charge >= 0.3 is 5.69 Å². The lowest BCUT2D eigenvalue weighted by atomic mass is 10.1. The fraction of sp³-hybridized carbons (Fsp3) is 0.300. The van der Waals surface area contributed by atoms with Gasteiger partial charge in [-0.05, 0) is 55.7 Å². The van der Waals surface area contributed by atoms with E-state index in [-0.39, 0.29) is 22.1 Å². The number of piperidine rings is 1. The van der Waals surface area contributed by atoms with Gasteiger partial charge in [0.2, 0.25) is 0 Å². The molecule has 1 heterocycles. The van der Waals surface area contributed by atoms with Crippen molar-refractivity contribution in [2.24, 2.45) is 0 Å². The van der Waals surface area contributed by atoms with Gasteiger partial charge < -0.3 is 15.0 Å². The number of carbonyl (C=O) groups is 1. The summed E-state index contributed by atoms with van der Waals surface area (Å²) >= 11 is 11.7. The van der Waals surface area contributed by atoms with Crippen molar-refractivity contribution in [3.63, 3.8) is 0 Å². The molecule has 0 saturated carbocycles. The summed E-state index contributed by atoms with van der Waals surface area (Å²) in [6.07, 6.45) is 3.36. The number of nitrogens with zero attached hydrogens (tertiary/aromatic N) is 2. The van der Waals surface area contributed by atoms with Crippen LogP contribution < -0.4 is 20.3 Å². The molecule has 1 aliphatic rings. The number of nitro groups is 1. The summed E-state index contributed by atoms with van der Waals surface area (Å²) in [5, 5.41) is 17.4. The van der Waals surface area contributed by atoms with E-state index in [9.17, 15) is 14.9 Å². The normalized spacial score (nSPS) is 13.5. The minimum Gasteiger partial charge on any atom is -0.490 e. The molecule has 0 bridgehead atoms. The van der Waals surface area contributed by atoms with E-state index in [1.165, 1.54) is 25.7 Å². The van der Waals surface area contributed by atoms with Crippen LogP contribution in [0.3, 0.4) is 0 Å². The Morgan fingerprint density at radius 2 is 1.97 bits per heavy atom. The number of hydrogen-bond donors (Lipinski definition) is 2. The summed E-state index contributed by atoms with van der Waals surface area (Å²) in [6, 6.07) is 9.41. The predicted octanol–water partition coefficient (Wildman–Crippen LogP) is 4.37. The Labute approximate surface area is 184 Å². The van der Waals surface area contributed by atoms with Crippen molar-refractivity contribution in [1.82, 2.24) is 5.32 Å². The number of carbonyl (C=O) groups excluding carboxylic acids is 1. The standard InChI is InChI=1S/C20H21ClN4O4S/c1-29-17-9-8-13(12-16(17)25(27)28)19(26)23-20(30)22-15-7-5-6-14(21)18(15)24-10-3-2-4-11-24/h5-9,12H,2-4,10-11H2,1H3,(H2,22,23,26,30). The molecule has 1 amide bonds. The molecule has 0 aromatic heterocycles. The molecule has 10 heteroatoms. The van der Waals surface area contributed by atoms with Crippen molar-refractivity contribution >= 4 is 51.9 Å². The van der Waals surface area contributed by atoms with E-state index in [4.69, 9.17) is 28.6 Å². The highest BCUT2D eigenvalue weighted by Gasteiger charge is 2.20. The zero-order chi connectivity index (χ0) is 21.7. The topological polar surface area (TPSA) is 96.7 Å². The maximum absolute atomic E-state index is 12.5. The highest BCUT2D eigenvalue weighted by Crippen LogP contribution is 2.35. The second-order valence-electron chi connectivity index (χ2n) is 6.74. The highest BCUT2D eigenvalue weighted by atomic mass is 35.5. The van der Waals surface area contributed by atoms with Crippen molar-refractivity contribution in [1.29, 1.82) is 0 Å². The van der Waals surface area contributed by atoms with Crippen LogP contribution in [0.5, 0.6) is 5.75 Å². The van der Waals surface area contributed by atoms with Crippen molar-refractivity contribution < 1.29 is 14.5 Å². The van der Waals surface area contributed by atoms with Gasteiger partial charge in [-0.3, -0.25) is 20.2 Å². The molecular formula is C20H21ClN4O4S. The smallest absolute Gasteiger partial charge is 0.311 e. The summed E-state index contributed by atoms with van der Waals surface area (Å²) in [5.74, 6) is -0.498. The number of methoxy groups -OCH3 is 1. The molecule has 2 N–H and O–H groups in total. The van der Waals surface area contributed by atoms with Gasteiger partial charge in [-0.1, -0.05) is 17.7 Å². The Morgan fingerprint density at radius 1 is 1.23 bits per heavy atom. The molecule has 0 unspecified atom stereocenters. The molecule has 0 radical (unpaired) electrons. The van der Waals surface area contributed by atoms with Gasteiger partial charge in [-0.25, -0.2) is 0 Å². The molecule has 3 rings (SSSR count). The third-order valence-electron chi connectivity index (χ3n) is 4.77. The maximum Gasteiger partial charge on any atom is 0.311 e. The Bertz CT molecular complexity index is 979. The lowest BCUT2D eigenvalue weighted by Gasteiger charge is -2.31. The SMILES string of the molecule is COc1ccc(C(=O)NC(=S)Nc2cccc(Cl)c2N2CCCCC2)cc1[N+](=O)[O-]. The van der Waals surface area contributed by atoms with Crippen LogP contribution in [0.25, 0.3) is 0 Å². The number of anilines is 2. The monoisotopic (exact) mass is 448 g/mol. The van der Waals surface area contributed by atoms with E-state index in [1.807, 2.05) is 12.1 Å². The third-order valence-corrected chi connectivity index (χ3v) is 5.28. The van der Waals surface area contributed by atoms with Gasteiger partial charge in [0.1, 0.15) is 0 Å². The lowest BCUT2D eigenvalue weighted by Crippen LogP contribution is -2.35. The summed E-state index contributed by atoms with van der Waals surface area (Å²) in [6.45, 7) is 1.79. The van der Waals surface area contributed by atoms with E-state index in [0.717, 1.165) is 37.7 Å². The molecule has 158 valence electrons. The Morgan fingerprint density at radius 3 is 2.63 bits per heavy atom. The first-order valence-corrected chi connectivity index (χ1v) is 10.2. The van der Waals surface area contributed by atoms with Crippen LogP contribution >= 0.6 is 23.8 Å². The molecule has 0 aliphatic carbocycles. The minimum atomic E-state index is -0.608. The number of halogens is 1. The van der Waals surface area contributed by atoms with Crippen molar-refractivity contribution in [3.05, 3.63) is 57.1 Å². The van der Waals surface area contributed by atoms with Crippen LogP contribution in [0.1, 0.15) is 29.6 Å². The summed E-state index contributed by atoms with van der Waals surface area (Å²) in [4.78, 5) is 25.3. The average Bonchev–Trinajstić information content (AvgIpc) is 2.73. The van der Waals surface area contributed by atoms with Crippen molar-refractivity contribution in [3.8, 4) is 5.75 Å². The molecular weight excluding hydrogens is 428 g/mol. The van der Waals surface area contributed by atoms with Crippen LogP contribution in [0, 0.1) is 10.1 Å². The van der Waals surface area contributed by atoms with E-state index < -0.39 is 10.8 Å². The quantitative estimate of drug-likeness (QED) is 0.398.